The quantitative estimate of drug-likeness (QED) is 0.631. The zero-order chi connectivity index (χ0) is 9.52. The fraction of sp³-hybridized carbons (Fsp3) is 0.545. The molecule has 0 amide bonds. The smallest absolute Gasteiger partial charge is 0.174 e. The van der Waals surface area contributed by atoms with Crippen molar-refractivity contribution < 1.29 is 9.30 Å². The van der Waals surface area contributed by atoms with Crippen LogP contribution >= 0.6 is 0 Å². The molecule has 0 N–H and O–H groups in total. The van der Waals surface area contributed by atoms with Gasteiger partial charge in [-0.1, -0.05) is 13.3 Å². The molecule has 0 saturated carbocycles. The van der Waals surface area contributed by atoms with Gasteiger partial charge in [0.1, 0.15) is 6.54 Å². The average Bonchev–Trinajstić information content (AvgIpc) is 2.16. The van der Waals surface area contributed by atoms with Gasteiger partial charge in [-0.3, -0.25) is 0 Å². The molecule has 72 valence electrons. The largest absolute Gasteiger partial charge is 0.380 e. The molecule has 0 bridgehead atoms. The second-order valence-electron chi connectivity index (χ2n) is 3.24. The van der Waals surface area contributed by atoms with Crippen LogP contribution in [0.1, 0.15) is 25.3 Å². The number of hydrogen-bond donors (Lipinski definition) is 0. The molecule has 1 aromatic rings. The van der Waals surface area contributed by atoms with E-state index >= 15 is 0 Å². The van der Waals surface area contributed by atoms with Crippen molar-refractivity contribution >= 4 is 0 Å². The molecule has 0 radical (unpaired) electrons. The average molecular weight is 180 g/mol. The molecule has 13 heavy (non-hydrogen) atoms. The number of hydrogen-bond acceptors (Lipinski definition) is 1. The number of aryl methyl sites for hydroxylation is 1. The Kier molecular flexibility index (Phi) is 4.47. The minimum Gasteiger partial charge on any atom is -0.380 e. The van der Waals surface area contributed by atoms with Crippen LogP contribution in [0.2, 0.25) is 0 Å². The van der Waals surface area contributed by atoms with Crippen molar-refractivity contribution in [2.75, 3.05) is 7.11 Å². The van der Waals surface area contributed by atoms with Crippen LogP contribution in [0.15, 0.2) is 24.5 Å². The Hall–Kier alpha value is -0.890. The third-order valence-corrected chi connectivity index (χ3v) is 2.00. The lowest BCUT2D eigenvalue weighted by Crippen LogP contribution is -2.33. The summed E-state index contributed by atoms with van der Waals surface area (Å²) in [5.74, 6) is 0. The van der Waals surface area contributed by atoms with Gasteiger partial charge < -0.3 is 4.74 Å². The van der Waals surface area contributed by atoms with Crippen molar-refractivity contribution in [2.45, 2.75) is 32.9 Å². The fourth-order valence-corrected chi connectivity index (χ4v) is 1.31. The maximum atomic E-state index is 5.07. The molecule has 0 aromatic carbocycles. The zero-order valence-corrected chi connectivity index (χ0v) is 8.49. The second kappa shape index (κ2) is 5.70. The van der Waals surface area contributed by atoms with Gasteiger partial charge in [0, 0.05) is 25.2 Å². The number of nitrogens with zero attached hydrogens (tertiary/aromatic N) is 1. The third kappa shape index (κ3) is 3.55. The zero-order valence-electron chi connectivity index (χ0n) is 8.49. The summed E-state index contributed by atoms with van der Waals surface area (Å²) >= 11 is 0. The third-order valence-electron chi connectivity index (χ3n) is 2.00. The van der Waals surface area contributed by atoms with Gasteiger partial charge in [0.2, 0.25) is 0 Å². The van der Waals surface area contributed by atoms with Gasteiger partial charge >= 0.3 is 0 Å². The standard InChI is InChI=1S/C11H18NO/c1-3-4-7-12-8-5-6-11(9-12)10-13-2/h5-6,8-9H,3-4,7,10H2,1-2H3/q+1. The number of ether oxygens (including phenoxy) is 1. The van der Waals surface area contributed by atoms with Crippen molar-refractivity contribution in [1.29, 1.82) is 0 Å². The molecule has 0 aliphatic carbocycles. The highest BCUT2D eigenvalue weighted by Gasteiger charge is 2.00. The molecule has 0 aliphatic rings. The predicted molar refractivity (Wildman–Crippen MR) is 52.3 cm³/mol. The normalized spacial score (nSPS) is 10.3. The molecule has 1 rings (SSSR count). The van der Waals surface area contributed by atoms with Gasteiger partial charge in [0.05, 0.1) is 6.61 Å². The van der Waals surface area contributed by atoms with E-state index in [1.54, 1.807) is 7.11 Å². The van der Waals surface area contributed by atoms with Crippen molar-refractivity contribution in [2.24, 2.45) is 0 Å². The van der Waals surface area contributed by atoms with E-state index in [9.17, 15) is 0 Å². The number of rotatable bonds is 5. The Balaban J connectivity index is 2.56. The summed E-state index contributed by atoms with van der Waals surface area (Å²) in [4.78, 5) is 0. The van der Waals surface area contributed by atoms with Gasteiger partial charge in [-0.2, -0.15) is 0 Å². The lowest BCUT2D eigenvalue weighted by molar-refractivity contribution is -0.697. The Bertz CT molecular complexity index is 248. The highest BCUT2D eigenvalue weighted by atomic mass is 16.5. The Morgan fingerprint density at radius 1 is 1.46 bits per heavy atom. The van der Waals surface area contributed by atoms with Crippen molar-refractivity contribution in [3.63, 3.8) is 0 Å². The number of aromatic nitrogens is 1. The first kappa shape index (κ1) is 10.2. The van der Waals surface area contributed by atoms with E-state index in [0.29, 0.717) is 6.61 Å². The number of unbranched alkanes of at least 4 members (excludes halogenated alkanes) is 1. The minimum absolute atomic E-state index is 0.701. The molecule has 0 saturated heterocycles. The monoisotopic (exact) mass is 180 g/mol. The molecule has 0 aliphatic heterocycles. The topological polar surface area (TPSA) is 13.1 Å². The maximum Gasteiger partial charge on any atom is 0.174 e. The number of pyridine rings is 1. The van der Waals surface area contributed by atoms with Crippen LogP contribution in [-0.4, -0.2) is 7.11 Å². The maximum absolute atomic E-state index is 5.07. The fourth-order valence-electron chi connectivity index (χ4n) is 1.31. The summed E-state index contributed by atoms with van der Waals surface area (Å²) in [6.07, 6.45) is 6.73. The van der Waals surface area contributed by atoms with Crippen LogP contribution in [0.3, 0.4) is 0 Å². The van der Waals surface area contributed by atoms with Gasteiger partial charge in [-0.25, -0.2) is 4.57 Å². The van der Waals surface area contributed by atoms with E-state index in [1.165, 1.54) is 18.4 Å². The summed E-state index contributed by atoms with van der Waals surface area (Å²) in [5.41, 5.74) is 1.24. The van der Waals surface area contributed by atoms with Crippen LogP contribution in [0.5, 0.6) is 0 Å². The highest BCUT2D eigenvalue weighted by molar-refractivity contribution is 5.03. The molecule has 0 atom stereocenters. The Morgan fingerprint density at radius 2 is 2.31 bits per heavy atom. The molecule has 2 nitrogen and oxygen atoms in total. The molecular formula is C11H18NO+. The second-order valence-corrected chi connectivity index (χ2v) is 3.24. The molecule has 0 fully saturated rings. The van der Waals surface area contributed by atoms with Gasteiger partial charge in [0.15, 0.2) is 12.4 Å². The lowest BCUT2D eigenvalue weighted by Gasteiger charge is -1.98. The Morgan fingerprint density at radius 3 is 3.00 bits per heavy atom. The van der Waals surface area contributed by atoms with E-state index < -0.39 is 0 Å². The number of methoxy groups -OCH3 is 1. The first-order valence-corrected chi connectivity index (χ1v) is 4.83. The lowest BCUT2D eigenvalue weighted by atomic mass is 10.3. The van der Waals surface area contributed by atoms with Crippen LogP contribution < -0.4 is 4.57 Å². The van der Waals surface area contributed by atoms with Crippen LogP contribution in [0.4, 0.5) is 0 Å². The van der Waals surface area contributed by atoms with E-state index in [4.69, 9.17) is 4.74 Å². The Labute approximate surface area is 80.2 Å². The summed E-state index contributed by atoms with van der Waals surface area (Å²) in [6.45, 7) is 4.01. The van der Waals surface area contributed by atoms with Crippen molar-refractivity contribution in [1.82, 2.24) is 0 Å². The molecule has 1 heterocycles. The summed E-state index contributed by atoms with van der Waals surface area (Å²) in [6, 6.07) is 4.16. The minimum atomic E-state index is 0.701. The van der Waals surface area contributed by atoms with Crippen LogP contribution in [0.25, 0.3) is 0 Å². The van der Waals surface area contributed by atoms with Crippen LogP contribution in [0, 0.1) is 0 Å². The van der Waals surface area contributed by atoms with E-state index in [1.807, 2.05) is 0 Å². The van der Waals surface area contributed by atoms with Crippen LogP contribution in [-0.2, 0) is 17.9 Å². The highest BCUT2D eigenvalue weighted by Crippen LogP contribution is 1.96. The van der Waals surface area contributed by atoms with Gasteiger partial charge in [-0.15, -0.1) is 0 Å². The van der Waals surface area contributed by atoms with E-state index in [0.717, 1.165) is 6.54 Å². The predicted octanol–water partition coefficient (Wildman–Crippen LogP) is 1.92. The van der Waals surface area contributed by atoms with E-state index in [2.05, 4.69) is 36.0 Å². The SMILES string of the molecule is CCCC[n+]1cccc(COC)c1. The summed E-state index contributed by atoms with van der Waals surface area (Å²) in [7, 11) is 1.73. The molecule has 0 spiro atoms. The molecule has 2 heteroatoms. The summed E-state index contributed by atoms with van der Waals surface area (Å²) in [5, 5.41) is 0. The molecule has 0 unspecified atom stereocenters. The van der Waals surface area contributed by atoms with Crippen molar-refractivity contribution in [3.05, 3.63) is 30.1 Å². The summed E-state index contributed by atoms with van der Waals surface area (Å²) < 4.78 is 7.29. The first-order valence-electron chi connectivity index (χ1n) is 4.83. The first-order chi connectivity index (χ1) is 6.36. The van der Waals surface area contributed by atoms with Crippen molar-refractivity contribution in [3.8, 4) is 0 Å². The van der Waals surface area contributed by atoms with Gasteiger partial charge in [0.25, 0.3) is 0 Å². The van der Waals surface area contributed by atoms with E-state index in [-0.39, 0.29) is 0 Å². The molecular weight excluding hydrogens is 162 g/mol. The van der Waals surface area contributed by atoms with Gasteiger partial charge in [-0.05, 0) is 6.07 Å². The molecule has 1 aromatic heterocycles.